The average Bonchev–Trinajstić information content (AvgIpc) is 3.14. The second-order valence-corrected chi connectivity index (χ2v) is 6.27. The molecule has 1 aromatic heterocycles. The molecule has 0 spiro atoms. The molecule has 0 aliphatic heterocycles. The highest BCUT2D eigenvalue weighted by molar-refractivity contribution is 5.49. The minimum Gasteiger partial charge on any atom is -0.353 e. The number of pyridine rings is 1. The van der Waals surface area contributed by atoms with E-state index in [9.17, 15) is 0 Å². The van der Waals surface area contributed by atoms with Gasteiger partial charge in [-0.2, -0.15) is 0 Å². The predicted octanol–water partition coefficient (Wildman–Crippen LogP) is 2.99. The zero-order valence-corrected chi connectivity index (χ0v) is 12.5. The highest BCUT2D eigenvalue weighted by atomic mass is 15.2. The molecule has 1 aliphatic rings. The summed E-state index contributed by atoms with van der Waals surface area (Å²) in [7, 11) is 0. The molecule has 3 heteroatoms. The summed E-state index contributed by atoms with van der Waals surface area (Å²) in [6.07, 6.45) is 6.67. The lowest BCUT2D eigenvalue weighted by molar-refractivity contribution is 0.567. The molecule has 1 aliphatic carbocycles. The van der Waals surface area contributed by atoms with Gasteiger partial charge in [0.15, 0.2) is 0 Å². The smallest absolute Gasteiger partial charge is 0.132 e. The third kappa shape index (κ3) is 4.20. The first kappa shape index (κ1) is 14.3. The second-order valence-electron chi connectivity index (χ2n) is 6.27. The van der Waals surface area contributed by atoms with Crippen molar-refractivity contribution < 1.29 is 0 Å². The van der Waals surface area contributed by atoms with Crippen LogP contribution in [0.1, 0.15) is 45.6 Å². The van der Waals surface area contributed by atoms with Crippen LogP contribution >= 0.6 is 0 Å². The fourth-order valence-corrected chi connectivity index (χ4v) is 2.44. The van der Waals surface area contributed by atoms with Crippen molar-refractivity contribution in [2.75, 3.05) is 11.4 Å². The van der Waals surface area contributed by atoms with Crippen molar-refractivity contribution in [1.29, 1.82) is 0 Å². The number of hydrogen-bond acceptors (Lipinski definition) is 3. The Morgan fingerprint density at radius 3 is 2.68 bits per heavy atom. The number of anilines is 1. The highest BCUT2D eigenvalue weighted by Gasteiger charge is 2.31. The fourth-order valence-electron chi connectivity index (χ4n) is 2.44. The zero-order valence-electron chi connectivity index (χ0n) is 12.5. The van der Waals surface area contributed by atoms with Gasteiger partial charge in [0.1, 0.15) is 5.82 Å². The summed E-state index contributed by atoms with van der Waals surface area (Å²) < 4.78 is 0. The molecule has 0 radical (unpaired) electrons. The van der Waals surface area contributed by atoms with Crippen molar-refractivity contribution in [2.45, 2.75) is 58.5 Å². The third-order valence-electron chi connectivity index (χ3n) is 3.62. The van der Waals surface area contributed by atoms with Crippen LogP contribution in [0.15, 0.2) is 18.3 Å². The molecule has 0 aromatic carbocycles. The average molecular weight is 261 g/mol. The van der Waals surface area contributed by atoms with Crippen LogP contribution in [0.3, 0.4) is 0 Å². The van der Waals surface area contributed by atoms with Crippen molar-refractivity contribution in [2.24, 2.45) is 11.7 Å². The number of hydrogen-bond donors (Lipinski definition) is 1. The Balaban J connectivity index is 2.15. The van der Waals surface area contributed by atoms with Gasteiger partial charge in [-0.1, -0.05) is 19.9 Å². The molecular formula is C16H27N3. The maximum absolute atomic E-state index is 5.96. The lowest BCUT2D eigenvalue weighted by Gasteiger charge is -2.27. The van der Waals surface area contributed by atoms with Gasteiger partial charge in [-0.25, -0.2) is 4.98 Å². The summed E-state index contributed by atoms with van der Waals surface area (Å²) in [6.45, 7) is 7.75. The summed E-state index contributed by atoms with van der Waals surface area (Å²) >= 11 is 0. The van der Waals surface area contributed by atoms with E-state index in [-0.39, 0.29) is 6.04 Å². The maximum Gasteiger partial charge on any atom is 0.132 e. The predicted molar refractivity (Wildman–Crippen MR) is 81.4 cm³/mol. The molecule has 2 N–H and O–H groups in total. The largest absolute Gasteiger partial charge is 0.353 e. The topological polar surface area (TPSA) is 42.2 Å². The molecule has 19 heavy (non-hydrogen) atoms. The van der Waals surface area contributed by atoms with Crippen molar-refractivity contribution in [3.05, 3.63) is 23.9 Å². The molecule has 1 saturated carbocycles. The van der Waals surface area contributed by atoms with Gasteiger partial charge in [-0.3, -0.25) is 0 Å². The monoisotopic (exact) mass is 261 g/mol. The Morgan fingerprint density at radius 2 is 2.11 bits per heavy atom. The summed E-state index contributed by atoms with van der Waals surface area (Å²) in [4.78, 5) is 7.15. The number of rotatable bonds is 7. The van der Waals surface area contributed by atoms with Crippen molar-refractivity contribution in [1.82, 2.24) is 4.98 Å². The normalized spacial score (nSPS) is 16.7. The lowest BCUT2D eigenvalue weighted by atomic mass is 10.1. The Morgan fingerprint density at radius 1 is 1.37 bits per heavy atom. The molecule has 0 saturated heterocycles. The lowest BCUT2D eigenvalue weighted by Crippen LogP contribution is -2.30. The molecule has 2 rings (SSSR count). The van der Waals surface area contributed by atoms with E-state index >= 15 is 0 Å². The van der Waals surface area contributed by atoms with Gasteiger partial charge in [0.2, 0.25) is 0 Å². The van der Waals surface area contributed by atoms with Crippen LogP contribution in [0.4, 0.5) is 5.82 Å². The molecule has 0 bridgehead atoms. The first-order valence-electron chi connectivity index (χ1n) is 7.54. The molecule has 1 atom stereocenters. The van der Waals surface area contributed by atoms with Gasteiger partial charge in [0.05, 0.1) is 0 Å². The standard InChI is InChI=1S/C16H27N3/c1-12(2)8-10-19(15-6-7-15)16-14(11-13(3)17)5-4-9-18-16/h4-5,9,12-13,15H,6-8,10-11,17H2,1-3H3. The van der Waals surface area contributed by atoms with Gasteiger partial charge >= 0.3 is 0 Å². The highest BCUT2D eigenvalue weighted by Crippen LogP contribution is 2.33. The van der Waals surface area contributed by atoms with Crippen LogP contribution in [-0.4, -0.2) is 23.6 Å². The first-order valence-corrected chi connectivity index (χ1v) is 7.54. The second kappa shape index (κ2) is 6.38. The molecule has 1 unspecified atom stereocenters. The van der Waals surface area contributed by atoms with Gasteiger partial charge in [0, 0.05) is 24.8 Å². The van der Waals surface area contributed by atoms with E-state index in [2.05, 4.69) is 36.7 Å². The van der Waals surface area contributed by atoms with Gasteiger partial charge in [0.25, 0.3) is 0 Å². The molecule has 0 amide bonds. The maximum atomic E-state index is 5.96. The summed E-state index contributed by atoms with van der Waals surface area (Å²) in [6, 6.07) is 5.10. The summed E-state index contributed by atoms with van der Waals surface area (Å²) in [5, 5.41) is 0. The zero-order chi connectivity index (χ0) is 13.8. The van der Waals surface area contributed by atoms with Gasteiger partial charge < -0.3 is 10.6 Å². The van der Waals surface area contributed by atoms with Crippen LogP contribution in [0.2, 0.25) is 0 Å². The quantitative estimate of drug-likeness (QED) is 0.820. The Kier molecular flexibility index (Phi) is 4.81. The SMILES string of the molecule is CC(C)CCN(c1ncccc1CC(C)N)C1CC1. The van der Waals surface area contributed by atoms with E-state index in [1.807, 2.05) is 12.3 Å². The molecule has 1 aromatic rings. The molecule has 1 fully saturated rings. The van der Waals surface area contributed by atoms with Gasteiger partial charge in [-0.15, -0.1) is 0 Å². The number of nitrogens with zero attached hydrogens (tertiary/aromatic N) is 2. The number of aromatic nitrogens is 1. The Labute approximate surface area is 117 Å². The van der Waals surface area contributed by atoms with Crippen LogP contribution in [0.25, 0.3) is 0 Å². The molecule has 3 nitrogen and oxygen atoms in total. The van der Waals surface area contributed by atoms with E-state index in [1.165, 1.54) is 30.6 Å². The van der Waals surface area contributed by atoms with E-state index < -0.39 is 0 Å². The number of nitrogens with two attached hydrogens (primary N) is 1. The molecule has 106 valence electrons. The van der Waals surface area contributed by atoms with Crippen LogP contribution in [0, 0.1) is 5.92 Å². The molecule has 1 heterocycles. The van der Waals surface area contributed by atoms with E-state index in [0.29, 0.717) is 6.04 Å². The van der Waals surface area contributed by atoms with Crippen LogP contribution in [0.5, 0.6) is 0 Å². The van der Waals surface area contributed by atoms with Crippen molar-refractivity contribution in [3.8, 4) is 0 Å². The van der Waals surface area contributed by atoms with E-state index in [1.54, 1.807) is 0 Å². The summed E-state index contributed by atoms with van der Waals surface area (Å²) in [5.74, 6) is 1.91. The third-order valence-corrected chi connectivity index (χ3v) is 3.62. The minimum atomic E-state index is 0.189. The van der Waals surface area contributed by atoms with Gasteiger partial charge in [-0.05, 0) is 50.2 Å². The minimum absolute atomic E-state index is 0.189. The van der Waals surface area contributed by atoms with E-state index in [0.717, 1.165) is 18.9 Å². The van der Waals surface area contributed by atoms with Crippen LogP contribution in [-0.2, 0) is 6.42 Å². The van der Waals surface area contributed by atoms with Crippen molar-refractivity contribution >= 4 is 5.82 Å². The summed E-state index contributed by atoms with van der Waals surface area (Å²) in [5.41, 5.74) is 7.26. The Bertz CT molecular complexity index is 397. The van der Waals surface area contributed by atoms with E-state index in [4.69, 9.17) is 5.73 Å². The van der Waals surface area contributed by atoms with Crippen LogP contribution < -0.4 is 10.6 Å². The molecular weight excluding hydrogens is 234 g/mol. The Hall–Kier alpha value is -1.09. The fraction of sp³-hybridized carbons (Fsp3) is 0.688. The first-order chi connectivity index (χ1) is 9.08. The van der Waals surface area contributed by atoms with Crippen molar-refractivity contribution in [3.63, 3.8) is 0 Å².